The maximum atomic E-state index is 10.7. The maximum Gasteiger partial charge on any atom is 0.159 e. The quantitative estimate of drug-likeness (QED) is 0.730. The Labute approximate surface area is 92.9 Å². The Morgan fingerprint density at radius 3 is 2.67 bits per heavy atom. The highest BCUT2D eigenvalue weighted by molar-refractivity contribution is 7.99. The number of thioether (sulfide) groups is 1. The molecule has 4 heteroatoms. The van der Waals surface area contributed by atoms with Crippen molar-refractivity contribution in [2.75, 3.05) is 5.75 Å². The number of hydrogen-bond donors (Lipinski definition) is 1. The van der Waals surface area contributed by atoms with Crippen LogP contribution in [0.1, 0.15) is 16.5 Å². The Morgan fingerprint density at radius 2 is 2.13 bits per heavy atom. The summed E-state index contributed by atoms with van der Waals surface area (Å²) in [5.74, 6) is -0.335. The molecule has 1 saturated heterocycles. The van der Waals surface area contributed by atoms with Gasteiger partial charge in [0.15, 0.2) is 5.37 Å². The number of benzene rings is 1. The molecular formula is C11H13NO2S. The van der Waals surface area contributed by atoms with E-state index < -0.39 is 12.0 Å². The van der Waals surface area contributed by atoms with Gasteiger partial charge in [0, 0.05) is 5.56 Å². The molecule has 0 saturated carbocycles. The number of carboxylic acid groups (broad SMARTS) is 1. The van der Waals surface area contributed by atoms with Gasteiger partial charge in [-0.2, -0.15) is 0 Å². The van der Waals surface area contributed by atoms with E-state index in [0.717, 1.165) is 0 Å². The van der Waals surface area contributed by atoms with Gasteiger partial charge in [0.25, 0.3) is 0 Å². The van der Waals surface area contributed by atoms with Crippen LogP contribution in [-0.4, -0.2) is 17.8 Å². The van der Waals surface area contributed by atoms with Gasteiger partial charge in [-0.3, -0.25) is 0 Å². The standard InChI is InChI=1S/C11H13NO2S/c1-7-2-4-8(5-3-7)10-12-9(6-15-10)11(13)14/h2-5,9-10,12H,6H2,1H3,(H,13,14)/t9-,10-/m0/s1. The Kier molecular flexibility index (Phi) is 2.98. The molecule has 15 heavy (non-hydrogen) atoms. The molecule has 1 aromatic rings. The van der Waals surface area contributed by atoms with Gasteiger partial charge in [-0.1, -0.05) is 41.6 Å². The monoisotopic (exact) mass is 223 g/mol. The van der Waals surface area contributed by atoms with Gasteiger partial charge in [-0.25, -0.2) is 0 Å². The lowest BCUT2D eigenvalue weighted by Crippen LogP contribution is -2.90. The molecule has 0 bridgehead atoms. The SMILES string of the molecule is Cc1ccc([C@H]2[NH2+][C@H](C(=O)[O-])CS2)cc1. The molecule has 3 nitrogen and oxygen atoms in total. The number of carbonyl (C=O) groups excluding carboxylic acids is 1. The van der Waals surface area contributed by atoms with Crippen molar-refractivity contribution in [3.63, 3.8) is 0 Å². The fourth-order valence-corrected chi connectivity index (χ4v) is 2.95. The topological polar surface area (TPSA) is 56.7 Å². The third kappa shape index (κ3) is 2.33. The van der Waals surface area contributed by atoms with Crippen LogP contribution < -0.4 is 10.4 Å². The predicted octanol–water partition coefficient (Wildman–Crippen LogP) is -0.578. The van der Waals surface area contributed by atoms with Crippen LogP contribution in [0, 0.1) is 6.92 Å². The van der Waals surface area contributed by atoms with E-state index in [1.165, 1.54) is 11.1 Å². The summed E-state index contributed by atoms with van der Waals surface area (Å²) in [6.07, 6.45) is 0. The summed E-state index contributed by atoms with van der Waals surface area (Å²) < 4.78 is 0. The van der Waals surface area contributed by atoms with Crippen molar-refractivity contribution in [2.45, 2.75) is 18.3 Å². The van der Waals surface area contributed by atoms with Gasteiger partial charge >= 0.3 is 0 Å². The summed E-state index contributed by atoms with van der Waals surface area (Å²) >= 11 is 1.66. The molecule has 0 aromatic heterocycles. The fraction of sp³-hybridized carbons (Fsp3) is 0.364. The largest absolute Gasteiger partial charge is 0.544 e. The second-order valence-electron chi connectivity index (χ2n) is 3.78. The maximum absolute atomic E-state index is 10.7. The molecule has 0 unspecified atom stereocenters. The molecule has 0 radical (unpaired) electrons. The lowest BCUT2D eigenvalue weighted by molar-refractivity contribution is -0.690. The summed E-state index contributed by atoms with van der Waals surface area (Å²) in [6.45, 7) is 2.04. The molecule has 1 fully saturated rings. The number of rotatable bonds is 2. The van der Waals surface area contributed by atoms with E-state index in [0.29, 0.717) is 5.75 Å². The van der Waals surface area contributed by atoms with Crippen molar-refractivity contribution in [2.24, 2.45) is 0 Å². The number of aliphatic carboxylic acids is 1. The number of carbonyl (C=O) groups is 1. The van der Waals surface area contributed by atoms with E-state index in [9.17, 15) is 9.90 Å². The van der Waals surface area contributed by atoms with Gasteiger partial charge in [0.2, 0.25) is 0 Å². The van der Waals surface area contributed by atoms with E-state index in [1.54, 1.807) is 11.8 Å². The highest BCUT2D eigenvalue weighted by atomic mass is 32.2. The second-order valence-corrected chi connectivity index (χ2v) is 4.96. The third-order valence-corrected chi connectivity index (χ3v) is 3.91. The molecule has 2 rings (SSSR count). The Balaban J connectivity index is 2.07. The smallest absolute Gasteiger partial charge is 0.159 e. The van der Waals surface area contributed by atoms with Crippen LogP contribution in [0.2, 0.25) is 0 Å². The van der Waals surface area contributed by atoms with E-state index in [-0.39, 0.29) is 5.37 Å². The molecule has 1 aliphatic rings. The van der Waals surface area contributed by atoms with Crippen molar-refractivity contribution < 1.29 is 15.2 Å². The predicted molar refractivity (Wildman–Crippen MR) is 57.1 cm³/mol. The first-order valence-electron chi connectivity index (χ1n) is 4.91. The van der Waals surface area contributed by atoms with Crippen molar-refractivity contribution in [1.82, 2.24) is 0 Å². The highest BCUT2D eigenvalue weighted by Crippen LogP contribution is 2.26. The Morgan fingerprint density at radius 1 is 1.47 bits per heavy atom. The average Bonchev–Trinajstić information content (AvgIpc) is 2.68. The van der Waals surface area contributed by atoms with Crippen LogP contribution in [0.5, 0.6) is 0 Å². The van der Waals surface area contributed by atoms with E-state index >= 15 is 0 Å². The number of aryl methyl sites for hydroxylation is 1. The third-order valence-electron chi connectivity index (χ3n) is 2.57. The number of hydrogen-bond acceptors (Lipinski definition) is 3. The molecule has 2 N–H and O–H groups in total. The zero-order valence-corrected chi connectivity index (χ0v) is 9.29. The second kappa shape index (κ2) is 4.24. The Bertz CT molecular complexity index is 363. The zero-order valence-electron chi connectivity index (χ0n) is 8.47. The first-order valence-corrected chi connectivity index (χ1v) is 5.96. The van der Waals surface area contributed by atoms with E-state index in [4.69, 9.17) is 0 Å². The molecular weight excluding hydrogens is 210 g/mol. The van der Waals surface area contributed by atoms with Gasteiger partial charge in [-0.05, 0) is 6.92 Å². The molecule has 80 valence electrons. The summed E-state index contributed by atoms with van der Waals surface area (Å²) in [6, 6.07) is 7.82. The van der Waals surface area contributed by atoms with Crippen LogP contribution >= 0.6 is 11.8 Å². The summed E-state index contributed by atoms with van der Waals surface area (Å²) in [7, 11) is 0. The molecule has 1 aliphatic heterocycles. The molecule has 1 aromatic carbocycles. The first-order chi connectivity index (χ1) is 7.16. The normalized spacial score (nSPS) is 25.4. The van der Waals surface area contributed by atoms with Crippen molar-refractivity contribution >= 4 is 17.7 Å². The highest BCUT2D eigenvalue weighted by Gasteiger charge is 2.30. The minimum atomic E-state index is -0.961. The Hall–Kier alpha value is -1.00. The number of quaternary nitrogens is 1. The lowest BCUT2D eigenvalue weighted by Gasteiger charge is -2.10. The van der Waals surface area contributed by atoms with Crippen LogP contribution in [0.3, 0.4) is 0 Å². The van der Waals surface area contributed by atoms with Gasteiger partial charge in [0.05, 0.1) is 5.75 Å². The molecule has 0 spiro atoms. The van der Waals surface area contributed by atoms with Crippen LogP contribution in [0.25, 0.3) is 0 Å². The fourth-order valence-electron chi connectivity index (χ4n) is 1.64. The summed E-state index contributed by atoms with van der Waals surface area (Å²) in [5, 5.41) is 12.7. The van der Waals surface area contributed by atoms with Gasteiger partial charge in [0.1, 0.15) is 12.0 Å². The summed E-state index contributed by atoms with van der Waals surface area (Å²) in [4.78, 5) is 10.7. The zero-order chi connectivity index (χ0) is 10.8. The summed E-state index contributed by atoms with van der Waals surface area (Å²) in [5.41, 5.74) is 2.40. The average molecular weight is 223 g/mol. The first kappa shape index (κ1) is 10.5. The molecule has 1 heterocycles. The van der Waals surface area contributed by atoms with Crippen LogP contribution in [-0.2, 0) is 4.79 Å². The van der Waals surface area contributed by atoms with Crippen molar-refractivity contribution in [3.05, 3.63) is 35.4 Å². The number of nitrogens with two attached hydrogens (primary N) is 1. The molecule has 0 amide bonds. The van der Waals surface area contributed by atoms with Crippen molar-refractivity contribution in [3.8, 4) is 0 Å². The molecule has 0 aliphatic carbocycles. The van der Waals surface area contributed by atoms with Crippen molar-refractivity contribution in [1.29, 1.82) is 0 Å². The van der Waals surface area contributed by atoms with E-state index in [2.05, 4.69) is 24.3 Å². The number of carboxylic acids is 1. The minimum Gasteiger partial charge on any atom is -0.544 e. The van der Waals surface area contributed by atoms with Crippen LogP contribution in [0.4, 0.5) is 0 Å². The van der Waals surface area contributed by atoms with Gasteiger partial charge in [-0.15, -0.1) is 0 Å². The lowest BCUT2D eigenvalue weighted by atomic mass is 10.1. The molecule has 2 atom stereocenters. The van der Waals surface area contributed by atoms with Gasteiger partial charge < -0.3 is 15.2 Å². The van der Waals surface area contributed by atoms with E-state index in [1.807, 2.05) is 12.2 Å². The van der Waals surface area contributed by atoms with Crippen LogP contribution in [0.15, 0.2) is 24.3 Å². The minimum absolute atomic E-state index is 0.202.